The van der Waals surface area contributed by atoms with Gasteiger partial charge in [0.05, 0.1) is 34.4 Å². The molecule has 0 bridgehead atoms. The minimum atomic E-state index is -0.816. The zero-order valence-electron chi connectivity index (χ0n) is 16.7. The number of fused-ring (bicyclic) bond motifs is 3. The fraction of sp³-hybridized carbons (Fsp3) is 0.261. The van der Waals surface area contributed by atoms with Gasteiger partial charge in [0.1, 0.15) is 5.75 Å². The molecule has 3 aromatic carbocycles. The molecule has 0 spiro atoms. The zero-order valence-corrected chi connectivity index (χ0v) is 16.7. The van der Waals surface area contributed by atoms with Crippen molar-refractivity contribution >= 4 is 16.7 Å². The highest BCUT2D eigenvalue weighted by Crippen LogP contribution is 2.49. The van der Waals surface area contributed by atoms with E-state index in [0.29, 0.717) is 23.0 Å². The summed E-state index contributed by atoms with van der Waals surface area (Å²) >= 11 is 0. The van der Waals surface area contributed by atoms with Crippen LogP contribution in [0.3, 0.4) is 0 Å². The Morgan fingerprint density at radius 1 is 0.897 bits per heavy atom. The van der Waals surface area contributed by atoms with Crippen LogP contribution < -0.4 is 18.9 Å². The maximum absolute atomic E-state index is 12.6. The molecule has 150 valence electrons. The summed E-state index contributed by atoms with van der Waals surface area (Å²) in [7, 11) is 6.04. The molecule has 0 saturated carbocycles. The standard InChI is InChI=1S/C23H22O6/c1-25-17-11-14(12-18(26-2)21(17)27-3)19-20-15-8-6-5-7-13(15)9-10-16(20)29-22(19)23(24)28-4/h5-12,19,22H,1-4H3. The molecule has 1 aliphatic rings. The van der Waals surface area contributed by atoms with Crippen molar-refractivity contribution in [3.63, 3.8) is 0 Å². The number of methoxy groups -OCH3 is 4. The molecule has 1 heterocycles. The van der Waals surface area contributed by atoms with Crippen LogP contribution in [0.4, 0.5) is 0 Å². The minimum absolute atomic E-state index is 0.391. The second kappa shape index (κ2) is 7.54. The molecule has 2 atom stereocenters. The topological polar surface area (TPSA) is 63.2 Å². The molecule has 0 aromatic heterocycles. The largest absolute Gasteiger partial charge is 0.493 e. The van der Waals surface area contributed by atoms with Crippen LogP contribution in [-0.4, -0.2) is 40.5 Å². The quantitative estimate of drug-likeness (QED) is 0.611. The average Bonchev–Trinajstić information content (AvgIpc) is 3.17. The third kappa shape index (κ3) is 3.01. The van der Waals surface area contributed by atoms with Gasteiger partial charge in [0, 0.05) is 5.56 Å². The third-order valence-corrected chi connectivity index (χ3v) is 5.28. The van der Waals surface area contributed by atoms with Gasteiger partial charge < -0.3 is 23.7 Å². The molecule has 0 N–H and O–H groups in total. The van der Waals surface area contributed by atoms with Crippen molar-refractivity contribution < 1.29 is 28.5 Å². The van der Waals surface area contributed by atoms with Gasteiger partial charge in [-0.15, -0.1) is 0 Å². The minimum Gasteiger partial charge on any atom is -0.493 e. The highest BCUT2D eigenvalue weighted by molar-refractivity contribution is 5.92. The number of benzene rings is 3. The van der Waals surface area contributed by atoms with Crippen LogP contribution in [0, 0.1) is 0 Å². The summed E-state index contributed by atoms with van der Waals surface area (Å²) in [4.78, 5) is 12.6. The Morgan fingerprint density at radius 3 is 2.21 bits per heavy atom. The van der Waals surface area contributed by atoms with E-state index < -0.39 is 18.0 Å². The van der Waals surface area contributed by atoms with Gasteiger partial charge in [-0.05, 0) is 34.5 Å². The van der Waals surface area contributed by atoms with Gasteiger partial charge in [0.15, 0.2) is 11.5 Å². The lowest BCUT2D eigenvalue weighted by atomic mass is 9.85. The second-order valence-electron chi connectivity index (χ2n) is 6.70. The Hall–Kier alpha value is -3.41. The Bertz CT molecular complexity index is 1050. The third-order valence-electron chi connectivity index (χ3n) is 5.28. The van der Waals surface area contributed by atoms with Crippen molar-refractivity contribution in [2.24, 2.45) is 0 Å². The molecule has 0 amide bonds. The summed E-state index contributed by atoms with van der Waals surface area (Å²) in [6, 6.07) is 15.6. The predicted octanol–water partition coefficient (Wildman–Crippen LogP) is 3.93. The van der Waals surface area contributed by atoms with Gasteiger partial charge in [-0.1, -0.05) is 30.3 Å². The van der Waals surface area contributed by atoms with Crippen LogP contribution in [-0.2, 0) is 9.53 Å². The molecule has 6 heteroatoms. The lowest BCUT2D eigenvalue weighted by Gasteiger charge is -2.21. The van der Waals surface area contributed by atoms with Crippen molar-refractivity contribution in [2.45, 2.75) is 12.0 Å². The molecule has 29 heavy (non-hydrogen) atoms. The highest BCUT2D eigenvalue weighted by Gasteiger charge is 2.43. The molecule has 1 aliphatic heterocycles. The van der Waals surface area contributed by atoms with Crippen LogP contribution in [0.2, 0.25) is 0 Å². The van der Waals surface area contributed by atoms with Gasteiger partial charge in [-0.3, -0.25) is 0 Å². The van der Waals surface area contributed by atoms with Gasteiger partial charge in [0.2, 0.25) is 11.9 Å². The lowest BCUT2D eigenvalue weighted by molar-refractivity contribution is -0.148. The summed E-state index contributed by atoms with van der Waals surface area (Å²) in [5.74, 6) is 1.35. The first-order valence-corrected chi connectivity index (χ1v) is 9.19. The molecule has 3 aromatic rings. The van der Waals surface area contributed by atoms with Crippen LogP contribution >= 0.6 is 0 Å². The Labute approximate surface area is 168 Å². The van der Waals surface area contributed by atoms with Gasteiger partial charge in [0.25, 0.3) is 0 Å². The summed E-state index contributed by atoms with van der Waals surface area (Å²) in [5.41, 5.74) is 1.75. The number of hydrogen-bond donors (Lipinski definition) is 0. The monoisotopic (exact) mass is 394 g/mol. The maximum Gasteiger partial charge on any atom is 0.348 e. The van der Waals surface area contributed by atoms with E-state index in [1.54, 1.807) is 21.3 Å². The van der Waals surface area contributed by atoms with Crippen molar-refractivity contribution in [3.8, 4) is 23.0 Å². The normalized spacial score (nSPS) is 17.4. The van der Waals surface area contributed by atoms with E-state index in [9.17, 15) is 4.79 Å². The fourth-order valence-electron chi connectivity index (χ4n) is 3.98. The molecule has 6 nitrogen and oxygen atoms in total. The number of carbonyl (C=O) groups is 1. The summed E-state index contributed by atoms with van der Waals surface area (Å²) in [5, 5.41) is 2.09. The van der Waals surface area contributed by atoms with Crippen LogP contribution in [0.1, 0.15) is 17.0 Å². The Kier molecular flexibility index (Phi) is 4.92. The SMILES string of the molecule is COC(=O)C1Oc2ccc3ccccc3c2C1c1cc(OC)c(OC)c(OC)c1. The number of carbonyl (C=O) groups excluding carboxylic acids is 1. The lowest BCUT2D eigenvalue weighted by Crippen LogP contribution is -2.31. The van der Waals surface area contributed by atoms with E-state index in [0.717, 1.165) is 21.9 Å². The van der Waals surface area contributed by atoms with E-state index in [-0.39, 0.29) is 0 Å². The number of rotatable bonds is 5. The highest BCUT2D eigenvalue weighted by atomic mass is 16.6. The molecule has 0 saturated heterocycles. The van der Waals surface area contributed by atoms with Crippen molar-refractivity contribution in [3.05, 3.63) is 59.7 Å². The maximum atomic E-state index is 12.6. The van der Waals surface area contributed by atoms with E-state index in [2.05, 4.69) is 0 Å². The Balaban J connectivity index is 1.98. The van der Waals surface area contributed by atoms with Crippen LogP contribution in [0.25, 0.3) is 10.8 Å². The summed E-state index contributed by atoms with van der Waals surface area (Å²) in [6.07, 6.45) is -0.816. The molecular formula is C23H22O6. The smallest absolute Gasteiger partial charge is 0.348 e. The molecule has 2 unspecified atom stereocenters. The second-order valence-corrected chi connectivity index (χ2v) is 6.70. The Morgan fingerprint density at radius 2 is 1.59 bits per heavy atom. The first-order chi connectivity index (χ1) is 14.1. The summed E-state index contributed by atoms with van der Waals surface area (Å²) in [6.45, 7) is 0. The van der Waals surface area contributed by atoms with E-state index >= 15 is 0 Å². The number of hydrogen-bond acceptors (Lipinski definition) is 6. The zero-order chi connectivity index (χ0) is 20.5. The van der Waals surface area contributed by atoms with Crippen molar-refractivity contribution in [2.75, 3.05) is 28.4 Å². The van der Waals surface area contributed by atoms with E-state index in [1.165, 1.54) is 7.11 Å². The number of esters is 1. The van der Waals surface area contributed by atoms with E-state index in [1.807, 2.05) is 48.5 Å². The first-order valence-electron chi connectivity index (χ1n) is 9.19. The summed E-state index contributed by atoms with van der Waals surface area (Å²) < 4.78 is 27.6. The number of ether oxygens (including phenoxy) is 5. The predicted molar refractivity (Wildman–Crippen MR) is 108 cm³/mol. The van der Waals surface area contributed by atoms with E-state index in [4.69, 9.17) is 23.7 Å². The first kappa shape index (κ1) is 18.9. The van der Waals surface area contributed by atoms with Crippen LogP contribution in [0.5, 0.6) is 23.0 Å². The molecule has 0 fully saturated rings. The van der Waals surface area contributed by atoms with Gasteiger partial charge >= 0.3 is 5.97 Å². The fourth-order valence-corrected chi connectivity index (χ4v) is 3.98. The van der Waals surface area contributed by atoms with Crippen LogP contribution in [0.15, 0.2) is 48.5 Å². The molecule has 4 rings (SSSR count). The molecule has 0 aliphatic carbocycles. The molecule has 0 radical (unpaired) electrons. The van der Waals surface area contributed by atoms with Crippen molar-refractivity contribution in [1.29, 1.82) is 0 Å². The van der Waals surface area contributed by atoms with Gasteiger partial charge in [-0.25, -0.2) is 4.79 Å². The average molecular weight is 394 g/mol. The van der Waals surface area contributed by atoms with Crippen molar-refractivity contribution in [1.82, 2.24) is 0 Å². The van der Waals surface area contributed by atoms with Gasteiger partial charge in [-0.2, -0.15) is 0 Å². The molecular weight excluding hydrogens is 372 g/mol.